The lowest BCUT2D eigenvalue weighted by Gasteiger charge is -2.38. The second-order valence-corrected chi connectivity index (χ2v) is 11.6. The van der Waals surface area contributed by atoms with E-state index in [1.165, 1.54) is 17.0 Å². The maximum absolute atomic E-state index is 13.8. The zero-order chi connectivity index (χ0) is 27.3. The normalized spacial score (nSPS) is 18.3. The summed E-state index contributed by atoms with van der Waals surface area (Å²) in [5.74, 6) is 0. The van der Waals surface area contributed by atoms with E-state index in [1.807, 2.05) is 18.2 Å². The summed E-state index contributed by atoms with van der Waals surface area (Å²) in [7, 11) is -4.19. The molecule has 0 amide bonds. The van der Waals surface area contributed by atoms with Crippen LogP contribution in [0.2, 0.25) is 10.3 Å². The fraction of sp³-hybridized carbons (Fsp3) is 0.160. The summed E-state index contributed by atoms with van der Waals surface area (Å²) in [5.41, 5.74) is 0.847. The van der Waals surface area contributed by atoms with Crippen LogP contribution < -0.4 is 0 Å². The van der Waals surface area contributed by atoms with Crippen LogP contribution in [-0.4, -0.2) is 39.2 Å². The first-order valence-electron chi connectivity index (χ1n) is 11.1. The SMILES string of the molecule is CS(=O)(=O)C1(n2nncc2-c2ccc(Cl)cc2)CC(c2ccccc2)=CC=C1n1cc(C(F)(F)F)nc1Cl. The van der Waals surface area contributed by atoms with E-state index in [2.05, 4.69) is 15.3 Å². The van der Waals surface area contributed by atoms with Gasteiger partial charge in [0.1, 0.15) is 0 Å². The van der Waals surface area contributed by atoms with Gasteiger partial charge in [0.15, 0.2) is 15.5 Å². The Morgan fingerprint density at radius 3 is 2.26 bits per heavy atom. The zero-order valence-electron chi connectivity index (χ0n) is 19.6. The molecule has 2 aromatic carbocycles. The van der Waals surface area contributed by atoms with Gasteiger partial charge in [-0.25, -0.2) is 18.1 Å². The maximum Gasteiger partial charge on any atom is 0.434 e. The molecule has 1 aliphatic carbocycles. The number of nitrogens with zero attached hydrogens (tertiary/aromatic N) is 5. The van der Waals surface area contributed by atoms with Crippen molar-refractivity contribution < 1.29 is 21.6 Å². The first-order chi connectivity index (χ1) is 17.9. The van der Waals surface area contributed by atoms with Crippen LogP contribution in [0.4, 0.5) is 13.2 Å². The van der Waals surface area contributed by atoms with Gasteiger partial charge >= 0.3 is 6.18 Å². The Morgan fingerprint density at radius 2 is 1.66 bits per heavy atom. The lowest BCUT2D eigenvalue weighted by molar-refractivity contribution is -0.140. The number of imidazole rings is 1. The topological polar surface area (TPSA) is 82.7 Å². The average Bonchev–Trinajstić information content (AvgIpc) is 3.51. The number of allylic oxidation sites excluding steroid dienone is 3. The number of aromatic nitrogens is 5. The molecule has 5 rings (SSSR count). The highest BCUT2D eigenvalue weighted by atomic mass is 35.5. The van der Waals surface area contributed by atoms with E-state index in [1.54, 1.807) is 42.5 Å². The van der Waals surface area contributed by atoms with E-state index < -0.39 is 31.9 Å². The zero-order valence-corrected chi connectivity index (χ0v) is 21.9. The number of sulfone groups is 1. The minimum Gasteiger partial charge on any atom is -0.290 e. The standard InChI is InChI=1S/C25H18Cl2F3N5O2S/c1-38(36,37)24(35-20(14-31-33-35)17-7-10-19(26)11-8-17)13-18(16-5-3-2-4-6-16)9-12-22(24)34-15-21(25(28,29)30)32-23(34)27/h2-12,14-15H,13H2,1H3. The highest BCUT2D eigenvalue weighted by molar-refractivity contribution is 7.91. The van der Waals surface area contributed by atoms with Gasteiger partial charge in [-0.3, -0.25) is 4.57 Å². The van der Waals surface area contributed by atoms with Crippen molar-refractivity contribution in [2.24, 2.45) is 0 Å². The Balaban J connectivity index is 1.82. The number of rotatable bonds is 5. The summed E-state index contributed by atoms with van der Waals surface area (Å²) in [5, 5.41) is 8.04. The average molecular weight is 580 g/mol. The smallest absolute Gasteiger partial charge is 0.290 e. The minimum atomic E-state index is -4.80. The number of hydrogen-bond acceptors (Lipinski definition) is 5. The van der Waals surface area contributed by atoms with E-state index in [0.29, 0.717) is 28.0 Å². The van der Waals surface area contributed by atoms with Crippen LogP contribution in [-0.2, 0) is 20.9 Å². The summed E-state index contributed by atoms with van der Waals surface area (Å²) in [6.07, 6.45) is 1.15. The molecule has 1 aliphatic rings. The Morgan fingerprint density at radius 1 is 0.974 bits per heavy atom. The van der Waals surface area contributed by atoms with E-state index in [0.717, 1.165) is 16.4 Å². The van der Waals surface area contributed by atoms with Crippen molar-refractivity contribution in [2.45, 2.75) is 17.5 Å². The number of halogens is 5. The third kappa shape index (κ3) is 4.44. The van der Waals surface area contributed by atoms with Crippen molar-refractivity contribution in [3.05, 3.63) is 101 Å². The van der Waals surface area contributed by atoms with Gasteiger partial charge in [0.2, 0.25) is 10.2 Å². The first kappa shape index (κ1) is 26.2. The molecule has 7 nitrogen and oxygen atoms in total. The van der Waals surface area contributed by atoms with Crippen LogP contribution in [0.3, 0.4) is 0 Å². The Bertz CT molecular complexity index is 1680. The Hall–Kier alpha value is -3.41. The summed E-state index contributed by atoms with van der Waals surface area (Å²) >= 11 is 12.2. The molecule has 4 aromatic rings. The predicted octanol–water partition coefficient (Wildman–Crippen LogP) is 6.19. The molecule has 0 fully saturated rings. The second kappa shape index (κ2) is 9.40. The van der Waals surface area contributed by atoms with Gasteiger partial charge in [0, 0.05) is 29.5 Å². The number of hydrogen-bond donors (Lipinski definition) is 0. The number of benzene rings is 2. The van der Waals surface area contributed by atoms with Crippen LogP contribution in [0.25, 0.3) is 22.5 Å². The third-order valence-electron chi connectivity index (χ3n) is 6.27. The molecule has 1 unspecified atom stereocenters. The molecule has 38 heavy (non-hydrogen) atoms. The molecule has 196 valence electrons. The minimum absolute atomic E-state index is 0.0894. The van der Waals surface area contributed by atoms with Gasteiger partial charge in [-0.15, -0.1) is 5.10 Å². The van der Waals surface area contributed by atoms with Crippen molar-refractivity contribution in [1.82, 2.24) is 24.5 Å². The molecule has 2 aromatic heterocycles. The van der Waals surface area contributed by atoms with Crippen molar-refractivity contribution in [3.8, 4) is 11.3 Å². The lowest BCUT2D eigenvalue weighted by atomic mass is 9.91. The Labute approximate surface area is 225 Å². The van der Waals surface area contributed by atoms with E-state index in [9.17, 15) is 21.6 Å². The molecule has 13 heteroatoms. The summed E-state index contributed by atoms with van der Waals surface area (Å²) in [4.78, 5) is 1.39. The molecule has 1 atom stereocenters. The molecular weight excluding hydrogens is 562 g/mol. The van der Waals surface area contributed by atoms with Crippen molar-refractivity contribution in [3.63, 3.8) is 0 Å². The van der Waals surface area contributed by atoms with Crippen LogP contribution in [0.1, 0.15) is 17.7 Å². The van der Waals surface area contributed by atoms with Gasteiger partial charge in [-0.2, -0.15) is 13.2 Å². The van der Waals surface area contributed by atoms with Gasteiger partial charge in [0.25, 0.3) is 0 Å². The predicted molar refractivity (Wildman–Crippen MR) is 139 cm³/mol. The highest BCUT2D eigenvalue weighted by Gasteiger charge is 2.52. The molecule has 0 bridgehead atoms. The monoisotopic (exact) mass is 579 g/mol. The fourth-order valence-corrected chi connectivity index (χ4v) is 6.25. The molecular formula is C25H18Cl2F3N5O2S. The van der Waals surface area contributed by atoms with Crippen molar-refractivity contribution >= 4 is 44.3 Å². The first-order valence-corrected chi connectivity index (χ1v) is 13.7. The van der Waals surface area contributed by atoms with Gasteiger partial charge < -0.3 is 0 Å². The Kier molecular flexibility index (Phi) is 6.49. The van der Waals surface area contributed by atoms with Gasteiger partial charge in [-0.1, -0.05) is 65.4 Å². The van der Waals surface area contributed by atoms with Crippen LogP contribution in [0, 0.1) is 0 Å². The third-order valence-corrected chi connectivity index (χ3v) is 8.55. The summed E-state index contributed by atoms with van der Waals surface area (Å²) in [6.45, 7) is 0. The van der Waals surface area contributed by atoms with Crippen LogP contribution in [0.5, 0.6) is 0 Å². The van der Waals surface area contributed by atoms with E-state index >= 15 is 0 Å². The quantitative estimate of drug-likeness (QED) is 0.281. The maximum atomic E-state index is 13.8. The molecule has 2 heterocycles. The summed E-state index contributed by atoms with van der Waals surface area (Å²) in [6, 6.07) is 15.6. The molecule has 0 N–H and O–H groups in total. The number of alkyl halides is 3. The lowest BCUT2D eigenvalue weighted by Crippen LogP contribution is -2.46. The van der Waals surface area contributed by atoms with Crippen LogP contribution in [0.15, 0.2) is 79.1 Å². The summed E-state index contributed by atoms with van der Waals surface area (Å²) < 4.78 is 70.4. The molecule has 0 radical (unpaired) electrons. The molecule has 0 aliphatic heterocycles. The molecule has 0 spiro atoms. The van der Waals surface area contributed by atoms with Crippen LogP contribution >= 0.6 is 23.2 Å². The van der Waals surface area contributed by atoms with E-state index in [-0.39, 0.29) is 12.1 Å². The second-order valence-electron chi connectivity index (χ2n) is 8.64. The van der Waals surface area contributed by atoms with Crippen molar-refractivity contribution in [1.29, 1.82) is 0 Å². The largest absolute Gasteiger partial charge is 0.434 e. The van der Waals surface area contributed by atoms with Crippen molar-refractivity contribution in [2.75, 3.05) is 6.26 Å². The fourth-order valence-electron chi connectivity index (χ4n) is 4.48. The van der Waals surface area contributed by atoms with Gasteiger partial charge in [-0.05, 0) is 40.9 Å². The van der Waals surface area contributed by atoms with Gasteiger partial charge in [0.05, 0.1) is 17.6 Å². The highest BCUT2D eigenvalue weighted by Crippen LogP contribution is 2.48. The molecule has 0 saturated heterocycles. The van der Waals surface area contributed by atoms with E-state index in [4.69, 9.17) is 23.2 Å². The molecule has 0 saturated carbocycles.